The highest BCUT2D eigenvalue weighted by Crippen LogP contribution is 2.29. The molecule has 2 amide bonds. The van der Waals surface area contributed by atoms with Crippen LogP contribution in [0.25, 0.3) is 0 Å². The summed E-state index contributed by atoms with van der Waals surface area (Å²) in [4.78, 5) is 31.2. The molecule has 46 heavy (non-hydrogen) atoms. The number of methoxy groups -OCH3 is 1. The van der Waals surface area contributed by atoms with Crippen LogP contribution in [0.4, 0.5) is 5.69 Å². The van der Waals surface area contributed by atoms with Gasteiger partial charge in [-0.15, -0.1) is 0 Å². The molecule has 0 spiro atoms. The van der Waals surface area contributed by atoms with Gasteiger partial charge in [-0.3, -0.25) is 14.5 Å². The van der Waals surface area contributed by atoms with Crippen LogP contribution in [-0.4, -0.2) is 85.4 Å². The first kappa shape index (κ1) is 34.9. The van der Waals surface area contributed by atoms with Gasteiger partial charge in [0.15, 0.2) is 0 Å². The third kappa shape index (κ3) is 9.79. The molecule has 3 aromatic carbocycles. The van der Waals surface area contributed by atoms with Gasteiger partial charge in [-0.1, -0.05) is 37.3 Å². The fourth-order valence-electron chi connectivity index (χ4n) is 5.67. The predicted octanol–water partition coefficient (Wildman–Crippen LogP) is 5.88. The first-order valence-corrected chi connectivity index (χ1v) is 16.2. The number of ether oxygens (including phenoxy) is 3. The summed E-state index contributed by atoms with van der Waals surface area (Å²) in [6.45, 7) is 8.14. The second kappa shape index (κ2) is 17.1. The summed E-state index contributed by atoms with van der Waals surface area (Å²) in [6.07, 6.45) is 2.35. The minimum atomic E-state index is -0.451. The van der Waals surface area contributed by atoms with Crippen molar-refractivity contribution in [1.29, 1.82) is 0 Å². The summed E-state index contributed by atoms with van der Waals surface area (Å²) < 4.78 is 18.1. The molecule has 4 atom stereocenters. The van der Waals surface area contributed by atoms with Crippen LogP contribution in [0.2, 0.25) is 0 Å². The molecule has 0 radical (unpaired) electrons. The molecule has 1 aliphatic heterocycles. The molecule has 9 heteroatoms. The number of hydrogen-bond acceptors (Lipinski definition) is 7. The number of benzene rings is 3. The average Bonchev–Trinajstić information content (AvgIpc) is 3.06. The number of fused-ring (bicyclic) bond motifs is 1. The maximum absolute atomic E-state index is 14.4. The maximum Gasteiger partial charge on any atom is 0.258 e. The van der Waals surface area contributed by atoms with Gasteiger partial charge in [0.2, 0.25) is 0 Å². The highest BCUT2D eigenvalue weighted by Gasteiger charge is 2.30. The summed E-state index contributed by atoms with van der Waals surface area (Å²) in [5.74, 6) is 0.708. The standard InChI is InChI=1S/C37H49N3O6/c1-26-22-40(27(2)25-41)37(43)33-21-31(38-36(42)30-12-7-6-8-13-30)16-19-34(33)46-28(3)11-9-10-20-45-35(26)24-39(4)23-29-14-17-32(44-5)18-15-29/h6-8,12-19,21,26-28,35,41H,9-11,20,22-25H2,1-5H3,(H,38,42)/t26-,27-,28-,35-/m1/s1. The van der Waals surface area contributed by atoms with Gasteiger partial charge < -0.3 is 29.5 Å². The number of aliphatic hydroxyl groups excluding tert-OH is 1. The van der Waals surface area contributed by atoms with E-state index in [9.17, 15) is 14.7 Å². The minimum absolute atomic E-state index is 0.0385. The smallest absolute Gasteiger partial charge is 0.258 e. The van der Waals surface area contributed by atoms with Crippen LogP contribution in [0.5, 0.6) is 11.5 Å². The lowest BCUT2D eigenvalue weighted by molar-refractivity contribution is -0.0177. The Morgan fingerprint density at radius 2 is 1.83 bits per heavy atom. The van der Waals surface area contributed by atoms with Gasteiger partial charge >= 0.3 is 0 Å². The van der Waals surface area contributed by atoms with E-state index in [0.717, 1.165) is 31.6 Å². The van der Waals surface area contributed by atoms with Crippen molar-refractivity contribution in [2.24, 2.45) is 5.92 Å². The topological polar surface area (TPSA) is 101 Å². The summed E-state index contributed by atoms with van der Waals surface area (Å²) in [5.41, 5.74) is 2.52. The normalized spacial score (nSPS) is 20.3. The SMILES string of the molecule is COc1ccc(CN(C)C[C@H]2OCCCC[C@@H](C)Oc3ccc(NC(=O)c4ccccc4)cc3C(=O)N([C@H](C)CO)C[C@H]2C)cc1. The van der Waals surface area contributed by atoms with Gasteiger partial charge in [-0.05, 0) is 88.2 Å². The zero-order valence-electron chi connectivity index (χ0n) is 27.8. The number of carbonyl (C=O) groups excluding carboxylic acids is 2. The molecule has 0 saturated heterocycles. The number of aliphatic hydroxyl groups is 1. The second-order valence-electron chi connectivity index (χ2n) is 12.4. The van der Waals surface area contributed by atoms with Crippen molar-refractivity contribution in [1.82, 2.24) is 9.80 Å². The van der Waals surface area contributed by atoms with E-state index in [4.69, 9.17) is 14.2 Å². The fraction of sp³-hybridized carbons (Fsp3) is 0.459. The lowest BCUT2D eigenvalue weighted by atomic mass is 10.0. The van der Waals surface area contributed by atoms with E-state index in [2.05, 4.69) is 36.3 Å². The van der Waals surface area contributed by atoms with E-state index in [-0.39, 0.29) is 36.5 Å². The highest BCUT2D eigenvalue weighted by atomic mass is 16.5. The fourth-order valence-corrected chi connectivity index (χ4v) is 5.67. The number of hydrogen-bond donors (Lipinski definition) is 2. The van der Waals surface area contributed by atoms with E-state index in [1.54, 1.807) is 54.5 Å². The van der Waals surface area contributed by atoms with Crippen molar-refractivity contribution in [3.8, 4) is 11.5 Å². The van der Waals surface area contributed by atoms with Gasteiger partial charge in [0.05, 0.1) is 37.5 Å². The molecule has 3 aromatic rings. The summed E-state index contributed by atoms with van der Waals surface area (Å²) in [7, 11) is 3.74. The minimum Gasteiger partial charge on any atom is -0.497 e. The highest BCUT2D eigenvalue weighted by molar-refractivity contribution is 6.05. The van der Waals surface area contributed by atoms with Crippen LogP contribution in [0.1, 0.15) is 66.3 Å². The van der Waals surface area contributed by atoms with Crippen LogP contribution in [0, 0.1) is 5.92 Å². The molecule has 0 unspecified atom stereocenters. The Labute approximate surface area is 273 Å². The zero-order valence-corrected chi connectivity index (χ0v) is 27.8. The summed E-state index contributed by atoms with van der Waals surface area (Å²) >= 11 is 0. The van der Waals surface area contributed by atoms with Crippen LogP contribution in [-0.2, 0) is 11.3 Å². The van der Waals surface area contributed by atoms with Crippen molar-refractivity contribution in [3.05, 3.63) is 89.5 Å². The molecule has 0 bridgehead atoms. The molecule has 1 heterocycles. The van der Waals surface area contributed by atoms with E-state index < -0.39 is 6.04 Å². The third-order valence-electron chi connectivity index (χ3n) is 8.45. The van der Waals surface area contributed by atoms with Crippen LogP contribution in [0.15, 0.2) is 72.8 Å². The van der Waals surface area contributed by atoms with Crippen molar-refractivity contribution in [3.63, 3.8) is 0 Å². The lowest BCUT2D eigenvalue weighted by Gasteiger charge is -2.36. The van der Waals surface area contributed by atoms with Gasteiger partial charge in [0.25, 0.3) is 11.8 Å². The van der Waals surface area contributed by atoms with Gasteiger partial charge in [-0.2, -0.15) is 0 Å². The Morgan fingerprint density at radius 3 is 2.52 bits per heavy atom. The predicted molar refractivity (Wildman–Crippen MR) is 181 cm³/mol. The van der Waals surface area contributed by atoms with Gasteiger partial charge in [0.1, 0.15) is 11.5 Å². The first-order valence-electron chi connectivity index (χ1n) is 16.2. The Kier molecular flexibility index (Phi) is 13.0. The average molecular weight is 632 g/mol. The van der Waals surface area contributed by atoms with Crippen LogP contribution >= 0.6 is 0 Å². The number of amides is 2. The Balaban J connectivity index is 1.59. The molecule has 1 aliphatic rings. The Bertz CT molecular complexity index is 1400. The number of nitrogens with zero attached hydrogens (tertiary/aromatic N) is 2. The number of likely N-dealkylation sites (N-methyl/N-ethyl adjacent to an activating group) is 1. The van der Waals surface area contributed by atoms with Crippen molar-refractivity contribution in [2.45, 2.75) is 64.8 Å². The second-order valence-corrected chi connectivity index (χ2v) is 12.4. The Hall–Kier alpha value is -3.92. The third-order valence-corrected chi connectivity index (χ3v) is 8.45. The Morgan fingerprint density at radius 1 is 1.09 bits per heavy atom. The number of carbonyl (C=O) groups is 2. The molecule has 0 saturated carbocycles. The van der Waals surface area contributed by atoms with Gasteiger partial charge in [-0.25, -0.2) is 0 Å². The molecule has 2 N–H and O–H groups in total. The molecular weight excluding hydrogens is 582 g/mol. The van der Waals surface area contributed by atoms with Gasteiger partial charge in [0, 0.05) is 43.4 Å². The largest absolute Gasteiger partial charge is 0.497 e. The van der Waals surface area contributed by atoms with Crippen LogP contribution in [0.3, 0.4) is 0 Å². The zero-order chi connectivity index (χ0) is 33.1. The van der Waals surface area contributed by atoms with E-state index in [0.29, 0.717) is 42.3 Å². The summed E-state index contributed by atoms with van der Waals surface area (Å²) in [5, 5.41) is 13.2. The first-order chi connectivity index (χ1) is 22.2. The quantitative estimate of drug-likeness (QED) is 0.305. The van der Waals surface area contributed by atoms with E-state index >= 15 is 0 Å². The molecule has 9 nitrogen and oxygen atoms in total. The van der Waals surface area contributed by atoms with Crippen molar-refractivity contribution in [2.75, 3.05) is 45.8 Å². The van der Waals surface area contributed by atoms with E-state index in [1.165, 1.54) is 5.56 Å². The van der Waals surface area contributed by atoms with Crippen molar-refractivity contribution < 1.29 is 28.9 Å². The molecule has 0 fully saturated rings. The molecule has 0 aliphatic carbocycles. The monoisotopic (exact) mass is 631 g/mol. The summed E-state index contributed by atoms with van der Waals surface area (Å²) in [6, 6.07) is 21.7. The number of anilines is 1. The maximum atomic E-state index is 14.4. The van der Waals surface area contributed by atoms with E-state index in [1.807, 2.05) is 32.0 Å². The lowest BCUT2D eigenvalue weighted by Crippen LogP contribution is -2.47. The van der Waals surface area contributed by atoms with Crippen molar-refractivity contribution >= 4 is 17.5 Å². The number of rotatable bonds is 9. The van der Waals surface area contributed by atoms with Crippen LogP contribution < -0.4 is 14.8 Å². The number of nitrogens with one attached hydrogen (secondary N) is 1. The molecule has 0 aromatic heterocycles. The molecular formula is C37H49N3O6. The molecule has 4 rings (SSSR count). The molecule has 248 valence electrons.